The lowest BCUT2D eigenvalue weighted by Gasteiger charge is -2.06. The van der Waals surface area contributed by atoms with Crippen molar-refractivity contribution in [2.24, 2.45) is 0 Å². The second kappa shape index (κ2) is 4.09. The van der Waals surface area contributed by atoms with Gasteiger partial charge in [0.05, 0.1) is 0 Å². The molecule has 0 fully saturated rings. The molecule has 0 bridgehead atoms. The van der Waals surface area contributed by atoms with Gasteiger partial charge < -0.3 is 0 Å². The number of allylic oxidation sites excluding steroid dienone is 4. The molecule has 0 aliphatic rings. The first-order valence-electron chi connectivity index (χ1n) is 3.35. The number of halogens is 3. The van der Waals surface area contributed by atoms with Crippen LogP contribution >= 0.6 is 0 Å². The maximum atomic E-state index is 11.8. The van der Waals surface area contributed by atoms with Crippen LogP contribution in [0.1, 0.15) is 13.8 Å². The van der Waals surface area contributed by atoms with Crippen LogP contribution in [0.25, 0.3) is 0 Å². The van der Waals surface area contributed by atoms with Crippen molar-refractivity contribution in [1.29, 1.82) is 5.41 Å². The quantitative estimate of drug-likeness (QED) is 0.495. The molecule has 1 nitrogen and oxygen atoms in total. The smallest absolute Gasteiger partial charge is 0.296 e. The standard InChI is InChI=1S/C8H10F3N/c1-3-4-5-6(2)7(12)8(9,10)11/h3-5,12H,1-2H3/b4-3-,6-5-,12-7?. The van der Waals surface area contributed by atoms with Gasteiger partial charge in [0, 0.05) is 0 Å². The first-order chi connectivity index (χ1) is 5.39. The summed E-state index contributed by atoms with van der Waals surface area (Å²) in [6, 6.07) is 0. The zero-order chi connectivity index (χ0) is 9.78. The average molecular weight is 177 g/mol. The summed E-state index contributed by atoms with van der Waals surface area (Å²) in [7, 11) is 0. The van der Waals surface area contributed by atoms with Crippen LogP contribution in [-0.2, 0) is 0 Å². The largest absolute Gasteiger partial charge is 0.432 e. The van der Waals surface area contributed by atoms with Gasteiger partial charge in [-0.25, -0.2) is 0 Å². The maximum absolute atomic E-state index is 11.8. The summed E-state index contributed by atoms with van der Waals surface area (Å²) in [4.78, 5) is 0. The maximum Gasteiger partial charge on any atom is 0.432 e. The molecule has 0 heterocycles. The van der Waals surface area contributed by atoms with Crippen LogP contribution in [0.2, 0.25) is 0 Å². The summed E-state index contributed by atoms with van der Waals surface area (Å²) in [5, 5.41) is 6.70. The van der Waals surface area contributed by atoms with Crippen molar-refractivity contribution in [3.63, 3.8) is 0 Å². The molecular weight excluding hydrogens is 167 g/mol. The molecule has 0 atom stereocenters. The van der Waals surface area contributed by atoms with Crippen LogP contribution in [0.3, 0.4) is 0 Å². The van der Waals surface area contributed by atoms with Gasteiger partial charge in [-0.1, -0.05) is 18.2 Å². The first-order valence-corrected chi connectivity index (χ1v) is 3.35. The molecule has 12 heavy (non-hydrogen) atoms. The van der Waals surface area contributed by atoms with Crippen molar-refractivity contribution < 1.29 is 13.2 Å². The van der Waals surface area contributed by atoms with Gasteiger partial charge in [-0.2, -0.15) is 13.2 Å². The Bertz CT molecular complexity index is 223. The Balaban J connectivity index is 4.51. The van der Waals surface area contributed by atoms with Crippen LogP contribution in [-0.4, -0.2) is 11.9 Å². The predicted molar refractivity (Wildman–Crippen MR) is 42.4 cm³/mol. The summed E-state index contributed by atoms with van der Waals surface area (Å²) < 4.78 is 35.5. The highest BCUT2D eigenvalue weighted by molar-refractivity contribution is 6.01. The molecule has 0 unspecified atom stereocenters. The lowest BCUT2D eigenvalue weighted by Crippen LogP contribution is -2.22. The second-order valence-electron chi connectivity index (χ2n) is 2.25. The molecule has 0 amide bonds. The molecule has 0 aromatic heterocycles. The van der Waals surface area contributed by atoms with Crippen LogP contribution in [0.15, 0.2) is 23.8 Å². The molecule has 0 aliphatic carbocycles. The van der Waals surface area contributed by atoms with E-state index in [4.69, 9.17) is 5.41 Å². The van der Waals surface area contributed by atoms with E-state index < -0.39 is 11.9 Å². The van der Waals surface area contributed by atoms with E-state index in [0.29, 0.717) is 0 Å². The Morgan fingerprint density at radius 2 is 1.83 bits per heavy atom. The SMILES string of the molecule is C/C=C\C=C(\C)C(=N)C(F)(F)F. The van der Waals surface area contributed by atoms with E-state index in [1.807, 2.05) is 0 Å². The molecule has 0 radical (unpaired) electrons. The number of alkyl halides is 3. The minimum atomic E-state index is -4.54. The van der Waals surface area contributed by atoms with Gasteiger partial charge in [0.2, 0.25) is 0 Å². The van der Waals surface area contributed by atoms with E-state index in [-0.39, 0.29) is 5.57 Å². The summed E-state index contributed by atoms with van der Waals surface area (Å²) in [6.45, 7) is 2.96. The fourth-order valence-electron chi connectivity index (χ4n) is 0.547. The lowest BCUT2D eigenvalue weighted by atomic mass is 10.1. The van der Waals surface area contributed by atoms with Crippen LogP contribution < -0.4 is 0 Å². The number of hydrogen-bond acceptors (Lipinski definition) is 1. The minimum Gasteiger partial charge on any atom is -0.296 e. The van der Waals surface area contributed by atoms with Crippen molar-refractivity contribution in [2.75, 3.05) is 0 Å². The third-order valence-corrected chi connectivity index (χ3v) is 1.22. The van der Waals surface area contributed by atoms with Crippen LogP contribution in [0.5, 0.6) is 0 Å². The zero-order valence-corrected chi connectivity index (χ0v) is 6.87. The molecule has 4 heteroatoms. The van der Waals surface area contributed by atoms with Gasteiger partial charge in [0.1, 0.15) is 5.71 Å². The third kappa shape index (κ3) is 3.37. The molecule has 0 saturated heterocycles. The Hall–Kier alpha value is -1.06. The first kappa shape index (κ1) is 10.9. The van der Waals surface area contributed by atoms with Gasteiger partial charge in [-0.15, -0.1) is 0 Å². The van der Waals surface area contributed by atoms with Crippen LogP contribution in [0.4, 0.5) is 13.2 Å². The van der Waals surface area contributed by atoms with Crippen molar-refractivity contribution in [2.45, 2.75) is 20.0 Å². The minimum absolute atomic E-state index is 0.0828. The van der Waals surface area contributed by atoms with Gasteiger partial charge in [-0.3, -0.25) is 5.41 Å². The molecule has 0 aliphatic heterocycles. The summed E-state index contributed by atoms with van der Waals surface area (Å²) in [5.74, 6) is 0. The summed E-state index contributed by atoms with van der Waals surface area (Å²) in [6.07, 6.45) is -0.208. The molecule has 0 saturated carbocycles. The van der Waals surface area contributed by atoms with E-state index in [2.05, 4.69) is 0 Å². The molecule has 0 spiro atoms. The topological polar surface area (TPSA) is 23.9 Å². The number of hydrogen-bond donors (Lipinski definition) is 1. The van der Waals surface area contributed by atoms with E-state index in [9.17, 15) is 13.2 Å². The highest BCUT2D eigenvalue weighted by Gasteiger charge is 2.34. The highest BCUT2D eigenvalue weighted by Crippen LogP contribution is 2.20. The van der Waals surface area contributed by atoms with E-state index >= 15 is 0 Å². The normalized spacial score (nSPS) is 13.9. The lowest BCUT2D eigenvalue weighted by molar-refractivity contribution is -0.0589. The zero-order valence-electron chi connectivity index (χ0n) is 6.87. The van der Waals surface area contributed by atoms with Crippen molar-refractivity contribution in [3.8, 4) is 0 Å². The Morgan fingerprint density at radius 3 is 2.17 bits per heavy atom. The summed E-state index contributed by atoms with van der Waals surface area (Å²) in [5.41, 5.74) is -1.37. The predicted octanol–water partition coefficient (Wildman–Crippen LogP) is 3.09. The van der Waals surface area contributed by atoms with E-state index in [0.717, 1.165) is 0 Å². The Labute approximate surface area is 69.1 Å². The number of rotatable bonds is 2. The van der Waals surface area contributed by atoms with Crippen molar-refractivity contribution in [1.82, 2.24) is 0 Å². The molecule has 0 aromatic rings. The van der Waals surface area contributed by atoms with E-state index in [1.165, 1.54) is 19.1 Å². The van der Waals surface area contributed by atoms with Crippen molar-refractivity contribution in [3.05, 3.63) is 23.8 Å². The van der Waals surface area contributed by atoms with Crippen LogP contribution in [0, 0.1) is 5.41 Å². The van der Waals surface area contributed by atoms with Gasteiger partial charge in [0.15, 0.2) is 0 Å². The highest BCUT2D eigenvalue weighted by atomic mass is 19.4. The van der Waals surface area contributed by atoms with E-state index in [1.54, 1.807) is 13.0 Å². The Morgan fingerprint density at radius 1 is 1.33 bits per heavy atom. The average Bonchev–Trinajstić information content (AvgIpc) is 1.97. The molecule has 68 valence electrons. The number of nitrogens with one attached hydrogen (secondary N) is 1. The fourth-order valence-corrected chi connectivity index (χ4v) is 0.547. The molecule has 0 rings (SSSR count). The third-order valence-electron chi connectivity index (χ3n) is 1.22. The van der Waals surface area contributed by atoms with Crippen molar-refractivity contribution >= 4 is 5.71 Å². The molecule has 0 aromatic carbocycles. The Kier molecular flexibility index (Phi) is 3.73. The second-order valence-corrected chi connectivity index (χ2v) is 2.25. The monoisotopic (exact) mass is 177 g/mol. The molecule has 1 N–H and O–H groups in total. The molecular formula is C8H10F3N. The van der Waals surface area contributed by atoms with Gasteiger partial charge >= 0.3 is 6.18 Å². The summed E-state index contributed by atoms with van der Waals surface area (Å²) >= 11 is 0. The van der Waals surface area contributed by atoms with Gasteiger partial charge in [-0.05, 0) is 19.4 Å². The fraction of sp³-hybridized carbons (Fsp3) is 0.375. The van der Waals surface area contributed by atoms with Gasteiger partial charge in [0.25, 0.3) is 0 Å².